The standard InChI is InChI=1S/C18H22INO/c1-14(20-11-10-15-6-4-3-5-7-15)12-16-13-17(21-2)8-9-18(16)19/h3-9,13-14,20H,10-12H2,1-2H3/t14-/m1/s1. The predicted octanol–water partition coefficient (Wildman–Crippen LogP) is 4.06. The Kier molecular flexibility index (Phi) is 6.51. The molecular weight excluding hydrogens is 373 g/mol. The van der Waals surface area contributed by atoms with Gasteiger partial charge in [-0.2, -0.15) is 0 Å². The summed E-state index contributed by atoms with van der Waals surface area (Å²) >= 11 is 2.39. The van der Waals surface area contributed by atoms with Gasteiger partial charge < -0.3 is 10.1 Å². The van der Waals surface area contributed by atoms with Crippen LogP contribution in [0.3, 0.4) is 0 Å². The van der Waals surface area contributed by atoms with E-state index in [-0.39, 0.29) is 0 Å². The first-order valence-electron chi connectivity index (χ1n) is 7.29. The molecule has 0 aromatic heterocycles. The summed E-state index contributed by atoms with van der Waals surface area (Å²) in [6.07, 6.45) is 2.09. The van der Waals surface area contributed by atoms with E-state index in [4.69, 9.17) is 4.74 Å². The number of ether oxygens (including phenoxy) is 1. The Morgan fingerprint density at radius 1 is 1.14 bits per heavy atom. The Hall–Kier alpha value is -1.07. The van der Waals surface area contributed by atoms with Crippen LogP contribution in [0.25, 0.3) is 0 Å². The maximum Gasteiger partial charge on any atom is 0.119 e. The predicted molar refractivity (Wildman–Crippen MR) is 97.0 cm³/mol. The molecular formula is C18H22INO. The number of rotatable bonds is 7. The van der Waals surface area contributed by atoms with Crippen molar-refractivity contribution in [3.8, 4) is 5.75 Å². The lowest BCUT2D eigenvalue weighted by atomic mass is 10.1. The highest BCUT2D eigenvalue weighted by Gasteiger charge is 2.07. The van der Waals surface area contributed by atoms with Crippen LogP contribution < -0.4 is 10.1 Å². The molecule has 112 valence electrons. The van der Waals surface area contributed by atoms with Gasteiger partial charge in [0.1, 0.15) is 5.75 Å². The van der Waals surface area contributed by atoms with E-state index in [0.717, 1.165) is 25.1 Å². The Morgan fingerprint density at radius 2 is 1.90 bits per heavy atom. The first-order chi connectivity index (χ1) is 10.2. The SMILES string of the molecule is COc1ccc(I)c(C[C@@H](C)NCCc2ccccc2)c1. The first kappa shape index (κ1) is 16.3. The molecule has 2 nitrogen and oxygen atoms in total. The van der Waals surface area contributed by atoms with Crippen LogP contribution in [0.15, 0.2) is 48.5 Å². The summed E-state index contributed by atoms with van der Waals surface area (Å²) in [5, 5.41) is 3.60. The van der Waals surface area contributed by atoms with Crippen LogP contribution in [0, 0.1) is 3.57 Å². The zero-order valence-corrected chi connectivity index (χ0v) is 14.8. The zero-order valence-electron chi connectivity index (χ0n) is 12.6. The lowest BCUT2D eigenvalue weighted by Crippen LogP contribution is -2.30. The number of benzene rings is 2. The third-order valence-electron chi connectivity index (χ3n) is 3.53. The molecule has 2 aromatic carbocycles. The molecule has 0 heterocycles. The summed E-state index contributed by atoms with van der Waals surface area (Å²) in [4.78, 5) is 0. The second-order valence-corrected chi connectivity index (χ2v) is 6.41. The molecule has 21 heavy (non-hydrogen) atoms. The summed E-state index contributed by atoms with van der Waals surface area (Å²) in [5.41, 5.74) is 2.72. The number of methoxy groups -OCH3 is 1. The average molecular weight is 395 g/mol. The van der Waals surface area contributed by atoms with E-state index in [1.165, 1.54) is 14.7 Å². The molecule has 1 N–H and O–H groups in total. The van der Waals surface area contributed by atoms with Gasteiger partial charge in [-0.05, 0) is 78.2 Å². The van der Waals surface area contributed by atoms with E-state index in [9.17, 15) is 0 Å². The van der Waals surface area contributed by atoms with Crippen molar-refractivity contribution in [2.45, 2.75) is 25.8 Å². The van der Waals surface area contributed by atoms with Crippen molar-refractivity contribution < 1.29 is 4.74 Å². The van der Waals surface area contributed by atoms with Gasteiger partial charge in [0.25, 0.3) is 0 Å². The fourth-order valence-electron chi connectivity index (χ4n) is 2.34. The molecule has 0 saturated carbocycles. The van der Waals surface area contributed by atoms with Gasteiger partial charge in [0, 0.05) is 9.61 Å². The zero-order chi connectivity index (χ0) is 15.1. The first-order valence-corrected chi connectivity index (χ1v) is 8.36. The molecule has 0 aliphatic rings. The van der Waals surface area contributed by atoms with Crippen LogP contribution in [-0.2, 0) is 12.8 Å². The molecule has 0 aliphatic heterocycles. The van der Waals surface area contributed by atoms with Crippen LogP contribution in [-0.4, -0.2) is 19.7 Å². The third-order valence-corrected chi connectivity index (χ3v) is 4.58. The van der Waals surface area contributed by atoms with Crippen LogP contribution in [0.1, 0.15) is 18.1 Å². The number of nitrogens with one attached hydrogen (secondary N) is 1. The van der Waals surface area contributed by atoms with E-state index in [0.29, 0.717) is 6.04 Å². The Bertz CT molecular complexity index is 556. The molecule has 1 atom stereocenters. The minimum absolute atomic E-state index is 0.453. The van der Waals surface area contributed by atoms with Crippen LogP contribution in [0.5, 0.6) is 5.75 Å². The molecule has 0 spiro atoms. The smallest absolute Gasteiger partial charge is 0.119 e. The molecule has 0 fully saturated rings. The molecule has 0 saturated heterocycles. The van der Waals surface area contributed by atoms with Crippen LogP contribution in [0.2, 0.25) is 0 Å². The van der Waals surface area contributed by atoms with Gasteiger partial charge in [-0.3, -0.25) is 0 Å². The second-order valence-electron chi connectivity index (χ2n) is 5.25. The molecule has 0 radical (unpaired) electrons. The summed E-state index contributed by atoms with van der Waals surface area (Å²) in [7, 11) is 1.72. The monoisotopic (exact) mass is 395 g/mol. The van der Waals surface area contributed by atoms with Crippen molar-refractivity contribution in [1.29, 1.82) is 0 Å². The van der Waals surface area contributed by atoms with Crippen molar-refractivity contribution in [2.75, 3.05) is 13.7 Å². The number of halogens is 1. The van der Waals surface area contributed by atoms with Gasteiger partial charge in [0.05, 0.1) is 7.11 Å². The molecule has 0 bridgehead atoms. The Labute approximate surface area is 141 Å². The van der Waals surface area contributed by atoms with Gasteiger partial charge in [-0.1, -0.05) is 30.3 Å². The molecule has 2 rings (SSSR count). The molecule has 0 aliphatic carbocycles. The third kappa shape index (κ3) is 5.32. The summed E-state index contributed by atoms with van der Waals surface area (Å²) in [5.74, 6) is 0.932. The van der Waals surface area contributed by atoms with E-state index in [1.807, 2.05) is 6.07 Å². The Balaban J connectivity index is 1.83. The van der Waals surface area contributed by atoms with Gasteiger partial charge in [0.2, 0.25) is 0 Å². The van der Waals surface area contributed by atoms with Crippen LogP contribution in [0.4, 0.5) is 0 Å². The van der Waals surface area contributed by atoms with Crippen molar-refractivity contribution in [3.05, 3.63) is 63.2 Å². The van der Waals surface area contributed by atoms with E-state index >= 15 is 0 Å². The number of hydrogen-bond acceptors (Lipinski definition) is 2. The quantitative estimate of drug-likeness (QED) is 0.714. The summed E-state index contributed by atoms with van der Waals surface area (Å²) in [6, 6.07) is 17.3. The van der Waals surface area contributed by atoms with Crippen LogP contribution >= 0.6 is 22.6 Å². The van der Waals surface area contributed by atoms with Crippen molar-refractivity contribution in [3.63, 3.8) is 0 Å². The highest BCUT2D eigenvalue weighted by atomic mass is 127. The maximum atomic E-state index is 5.31. The van der Waals surface area contributed by atoms with Crippen molar-refractivity contribution in [2.24, 2.45) is 0 Å². The Morgan fingerprint density at radius 3 is 2.62 bits per heavy atom. The fourth-order valence-corrected chi connectivity index (χ4v) is 2.90. The minimum Gasteiger partial charge on any atom is -0.497 e. The summed E-state index contributed by atoms with van der Waals surface area (Å²) < 4.78 is 6.60. The highest BCUT2D eigenvalue weighted by molar-refractivity contribution is 14.1. The van der Waals surface area contributed by atoms with E-state index in [2.05, 4.69) is 77.3 Å². The fraction of sp³-hybridized carbons (Fsp3) is 0.333. The number of hydrogen-bond donors (Lipinski definition) is 1. The van der Waals surface area contributed by atoms with Crippen molar-refractivity contribution >= 4 is 22.6 Å². The summed E-state index contributed by atoms with van der Waals surface area (Å²) in [6.45, 7) is 3.24. The van der Waals surface area contributed by atoms with Gasteiger partial charge in [-0.25, -0.2) is 0 Å². The lowest BCUT2D eigenvalue weighted by molar-refractivity contribution is 0.413. The molecule has 0 amide bonds. The van der Waals surface area contributed by atoms with Crippen molar-refractivity contribution in [1.82, 2.24) is 5.32 Å². The minimum atomic E-state index is 0.453. The van der Waals surface area contributed by atoms with Gasteiger partial charge >= 0.3 is 0 Å². The molecule has 2 aromatic rings. The maximum absolute atomic E-state index is 5.31. The molecule has 0 unspecified atom stereocenters. The van der Waals surface area contributed by atoms with E-state index in [1.54, 1.807) is 7.11 Å². The van der Waals surface area contributed by atoms with Gasteiger partial charge in [-0.15, -0.1) is 0 Å². The largest absolute Gasteiger partial charge is 0.497 e. The highest BCUT2D eigenvalue weighted by Crippen LogP contribution is 2.20. The molecule has 3 heteroatoms. The topological polar surface area (TPSA) is 21.3 Å². The second kappa shape index (κ2) is 8.39. The average Bonchev–Trinajstić information content (AvgIpc) is 2.50. The normalized spacial score (nSPS) is 12.1. The lowest BCUT2D eigenvalue weighted by Gasteiger charge is -2.15. The van der Waals surface area contributed by atoms with Gasteiger partial charge in [0.15, 0.2) is 0 Å². The van der Waals surface area contributed by atoms with E-state index < -0.39 is 0 Å².